The van der Waals surface area contributed by atoms with E-state index in [1.807, 2.05) is 13.8 Å². The van der Waals surface area contributed by atoms with Gasteiger partial charge in [0.05, 0.1) is 0 Å². The monoisotopic (exact) mass is 304 g/mol. The summed E-state index contributed by atoms with van der Waals surface area (Å²) in [5, 5.41) is 2.72. The van der Waals surface area contributed by atoms with Crippen molar-refractivity contribution in [2.45, 2.75) is 34.6 Å². The van der Waals surface area contributed by atoms with Crippen LogP contribution in [0.3, 0.4) is 0 Å². The molecule has 5 nitrogen and oxygen atoms in total. The van der Waals surface area contributed by atoms with Gasteiger partial charge in [-0.05, 0) is 46.8 Å². The van der Waals surface area contributed by atoms with Crippen LogP contribution < -0.4 is 5.32 Å². The molecule has 0 aliphatic heterocycles. The summed E-state index contributed by atoms with van der Waals surface area (Å²) >= 11 is 0. The van der Waals surface area contributed by atoms with Gasteiger partial charge in [-0.15, -0.1) is 0 Å². The molecule has 0 fully saturated rings. The third-order valence-corrected chi connectivity index (χ3v) is 3.68. The van der Waals surface area contributed by atoms with Gasteiger partial charge in [0, 0.05) is 24.3 Å². The van der Waals surface area contributed by atoms with Crippen molar-refractivity contribution in [1.82, 2.24) is 4.90 Å². The van der Waals surface area contributed by atoms with Crippen LogP contribution in [0.5, 0.6) is 0 Å². The van der Waals surface area contributed by atoms with Gasteiger partial charge in [0.25, 0.3) is 0 Å². The van der Waals surface area contributed by atoms with Crippen molar-refractivity contribution in [2.24, 2.45) is 5.41 Å². The van der Waals surface area contributed by atoms with E-state index in [9.17, 15) is 14.4 Å². The van der Waals surface area contributed by atoms with Gasteiger partial charge in [0.2, 0.25) is 11.8 Å². The molecule has 0 saturated carbocycles. The van der Waals surface area contributed by atoms with Gasteiger partial charge in [0.15, 0.2) is 5.78 Å². The normalized spacial score (nSPS) is 11.0. The molecule has 0 atom stereocenters. The summed E-state index contributed by atoms with van der Waals surface area (Å²) < 4.78 is 0. The molecule has 0 saturated heterocycles. The fraction of sp³-hybridized carbons (Fsp3) is 0.471. The van der Waals surface area contributed by atoms with Crippen molar-refractivity contribution < 1.29 is 14.4 Å². The van der Waals surface area contributed by atoms with Crippen molar-refractivity contribution in [3.8, 4) is 0 Å². The van der Waals surface area contributed by atoms with Gasteiger partial charge < -0.3 is 10.2 Å². The lowest BCUT2D eigenvalue weighted by molar-refractivity contribution is -0.146. The summed E-state index contributed by atoms with van der Waals surface area (Å²) in [5.41, 5.74) is -0.137. The first kappa shape index (κ1) is 17.9. The second kappa shape index (κ2) is 7.20. The molecule has 22 heavy (non-hydrogen) atoms. The molecule has 2 amide bonds. The van der Waals surface area contributed by atoms with Crippen molar-refractivity contribution in [1.29, 1.82) is 0 Å². The maximum Gasteiger partial charge on any atom is 0.239 e. The highest BCUT2D eigenvalue weighted by atomic mass is 16.2. The first-order chi connectivity index (χ1) is 10.2. The Morgan fingerprint density at radius 2 is 1.73 bits per heavy atom. The van der Waals surface area contributed by atoms with Gasteiger partial charge in [0.1, 0.15) is 5.41 Å². The Morgan fingerprint density at radius 1 is 1.14 bits per heavy atom. The third-order valence-electron chi connectivity index (χ3n) is 3.68. The van der Waals surface area contributed by atoms with E-state index >= 15 is 0 Å². The molecule has 1 rings (SSSR count). The Hall–Kier alpha value is -2.17. The zero-order valence-electron chi connectivity index (χ0n) is 13.9. The van der Waals surface area contributed by atoms with Crippen molar-refractivity contribution in [2.75, 3.05) is 18.4 Å². The summed E-state index contributed by atoms with van der Waals surface area (Å²) in [5.74, 6) is -0.669. The molecule has 0 aromatic heterocycles. The van der Waals surface area contributed by atoms with Crippen LogP contribution in [0.1, 0.15) is 45.0 Å². The molecule has 0 heterocycles. The van der Waals surface area contributed by atoms with Crippen LogP contribution in [-0.2, 0) is 9.59 Å². The SMILES string of the molecule is CCN(CC)C(=O)C(C)(C)C(=O)Nc1cccc(C(C)=O)c1. The molecule has 0 unspecified atom stereocenters. The van der Waals surface area contributed by atoms with Gasteiger partial charge in [-0.2, -0.15) is 0 Å². The van der Waals surface area contributed by atoms with Gasteiger partial charge in [-0.1, -0.05) is 12.1 Å². The highest BCUT2D eigenvalue weighted by Crippen LogP contribution is 2.22. The van der Waals surface area contributed by atoms with E-state index in [1.54, 1.807) is 43.0 Å². The molecular formula is C17H24N2O3. The van der Waals surface area contributed by atoms with Crippen LogP contribution in [0.15, 0.2) is 24.3 Å². The maximum atomic E-state index is 12.4. The number of nitrogens with zero attached hydrogens (tertiary/aromatic N) is 1. The molecule has 5 heteroatoms. The van der Waals surface area contributed by atoms with E-state index in [0.29, 0.717) is 24.3 Å². The summed E-state index contributed by atoms with van der Waals surface area (Å²) in [7, 11) is 0. The summed E-state index contributed by atoms with van der Waals surface area (Å²) in [4.78, 5) is 37.9. The first-order valence-electron chi connectivity index (χ1n) is 7.45. The summed E-state index contributed by atoms with van der Waals surface area (Å²) in [6.07, 6.45) is 0. The smallest absolute Gasteiger partial charge is 0.239 e. The second-order valence-corrected chi connectivity index (χ2v) is 5.69. The van der Waals surface area contributed by atoms with E-state index in [4.69, 9.17) is 0 Å². The Bertz CT molecular complexity index is 575. The number of ketones is 1. The highest BCUT2D eigenvalue weighted by Gasteiger charge is 2.38. The van der Waals surface area contributed by atoms with E-state index in [2.05, 4.69) is 5.32 Å². The molecular weight excluding hydrogens is 280 g/mol. The van der Waals surface area contributed by atoms with Crippen LogP contribution in [-0.4, -0.2) is 35.6 Å². The molecule has 1 N–H and O–H groups in total. The van der Waals surface area contributed by atoms with Crippen molar-refractivity contribution in [3.63, 3.8) is 0 Å². The molecule has 0 spiro atoms. The highest BCUT2D eigenvalue weighted by molar-refractivity contribution is 6.10. The van der Waals surface area contributed by atoms with Crippen molar-refractivity contribution >= 4 is 23.3 Å². The Morgan fingerprint density at radius 3 is 2.23 bits per heavy atom. The predicted molar refractivity (Wildman–Crippen MR) is 86.8 cm³/mol. The zero-order valence-corrected chi connectivity index (χ0v) is 13.9. The molecule has 0 aliphatic rings. The predicted octanol–water partition coefficient (Wildman–Crippen LogP) is 2.72. The maximum absolute atomic E-state index is 12.4. The lowest BCUT2D eigenvalue weighted by atomic mass is 9.90. The lowest BCUT2D eigenvalue weighted by Gasteiger charge is -2.29. The molecule has 0 aliphatic carbocycles. The van der Waals surface area contributed by atoms with Crippen molar-refractivity contribution in [3.05, 3.63) is 29.8 Å². The molecule has 0 bridgehead atoms. The second-order valence-electron chi connectivity index (χ2n) is 5.69. The van der Waals surface area contributed by atoms with Crippen LogP contribution in [0.25, 0.3) is 0 Å². The first-order valence-corrected chi connectivity index (χ1v) is 7.45. The minimum absolute atomic E-state index is 0.0745. The van der Waals surface area contributed by atoms with Crippen LogP contribution in [0.4, 0.5) is 5.69 Å². The number of benzene rings is 1. The minimum Gasteiger partial charge on any atom is -0.342 e. The summed E-state index contributed by atoms with van der Waals surface area (Å²) in [6.45, 7) is 9.57. The molecule has 1 aromatic rings. The van der Waals surface area contributed by atoms with Crippen LogP contribution in [0, 0.1) is 5.41 Å². The summed E-state index contributed by atoms with van der Waals surface area (Å²) in [6, 6.07) is 6.69. The Labute approximate surface area is 131 Å². The average molecular weight is 304 g/mol. The zero-order chi connectivity index (χ0) is 16.9. The fourth-order valence-corrected chi connectivity index (χ4v) is 2.11. The number of hydrogen-bond acceptors (Lipinski definition) is 3. The number of amides is 2. The van der Waals surface area contributed by atoms with Gasteiger partial charge in [-0.3, -0.25) is 14.4 Å². The number of carbonyl (C=O) groups is 3. The molecule has 0 radical (unpaired) electrons. The molecule has 120 valence electrons. The Balaban J connectivity index is 2.93. The van der Waals surface area contributed by atoms with E-state index < -0.39 is 5.41 Å². The van der Waals surface area contributed by atoms with E-state index in [-0.39, 0.29) is 17.6 Å². The van der Waals surface area contributed by atoms with Crippen LogP contribution in [0.2, 0.25) is 0 Å². The average Bonchev–Trinajstić information content (AvgIpc) is 2.48. The topological polar surface area (TPSA) is 66.5 Å². The number of hydrogen-bond donors (Lipinski definition) is 1. The molecule has 1 aromatic carbocycles. The minimum atomic E-state index is -1.17. The fourth-order valence-electron chi connectivity index (χ4n) is 2.11. The largest absolute Gasteiger partial charge is 0.342 e. The standard InChI is InChI=1S/C17H24N2O3/c1-6-19(7-2)16(22)17(4,5)15(21)18-14-10-8-9-13(11-14)12(3)20/h8-11H,6-7H2,1-5H3,(H,18,21). The number of Topliss-reactive ketones (excluding diaryl/α,β-unsaturated/α-hetero) is 1. The van der Waals surface area contributed by atoms with E-state index in [0.717, 1.165) is 0 Å². The van der Waals surface area contributed by atoms with Gasteiger partial charge >= 0.3 is 0 Å². The lowest BCUT2D eigenvalue weighted by Crippen LogP contribution is -2.47. The quantitative estimate of drug-likeness (QED) is 0.649. The number of rotatable bonds is 6. The van der Waals surface area contributed by atoms with Crippen LogP contribution >= 0.6 is 0 Å². The third kappa shape index (κ3) is 3.93. The number of carbonyl (C=O) groups excluding carboxylic acids is 3. The Kier molecular flexibility index (Phi) is 5.85. The number of nitrogens with one attached hydrogen (secondary N) is 1. The van der Waals surface area contributed by atoms with E-state index in [1.165, 1.54) is 6.92 Å². The van der Waals surface area contributed by atoms with Gasteiger partial charge in [-0.25, -0.2) is 0 Å². The number of anilines is 1.